The van der Waals surface area contributed by atoms with Crippen LogP contribution in [0.4, 0.5) is 0 Å². The number of nitrogens with one attached hydrogen (secondary N) is 1. The summed E-state index contributed by atoms with van der Waals surface area (Å²) in [5, 5.41) is 18.4. The lowest BCUT2D eigenvalue weighted by Crippen LogP contribution is -2.26. The van der Waals surface area contributed by atoms with Gasteiger partial charge in [0.25, 0.3) is 0 Å². The number of furan rings is 1. The van der Waals surface area contributed by atoms with E-state index in [-0.39, 0.29) is 12.5 Å². The second kappa shape index (κ2) is 6.26. The van der Waals surface area contributed by atoms with Gasteiger partial charge < -0.3 is 14.8 Å². The fourth-order valence-corrected chi connectivity index (χ4v) is 3.28. The molecule has 0 unspecified atom stereocenters. The van der Waals surface area contributed by atoms with Gasteiger partial charge in [-0.25, -0.2) is 0 Å². The number of nitrogens with zero attached hydrogens (tertiary/aromatic N) is 2. The van der Waals surface area contributed by atoms with E-state index in [2.05, 4.69) is 22.6 Å². The minimum absolute atomic E-state index is 0.214. The number of fused-ring (bicyclic) bond motifs is 1. The van der Waals surface area contributed by atoms with Gasteiger partial charge in [0, 0.05) is 49.3 Å². The zero-order valence-electron chi connectivity index (χ0n) is 13.6. The van der Waals surface area contributed by atoms with E-state index < -0.39 is 0 Å². The summed E-state index contributed by atoms with van der Waals surface area (Å²) in [7, 11) is 1.92. The van der Waals surface area contributed by atoms with Crippen molar-refractivity contribution in [1.82, 2.24) is 15.1 Å². The van der Waals surface area contributed by atoms with Crippen molar-refractivity contribution in [3.05, 3.63) is 54.2 Å². The first-order valence-electron chi connectivity index (χ1n) is 8.27. The van der Waals surface area contributed by atoms with Crippen molar-refractivity contribution < 1.29 is 9.52 Å². The van der Waals surface area contributed by atoms with Crippen molar-refractivity contribution in [2.45, 2.75) is 19.0 Å². The Balaban J connectivity index is 1.55. The number of hydrogen-bond donors (Lipinski definition) is 2. The van der Waals surface area contributed by atoms with Crippen LogP contribution in [0.2, 0.25) is 0 Å². The summed E-state index contributed by atoms with van der Waals surface area (Å²) in [6.45, 7) is 0.930. The molecule has 1 aliphatic carbocycles. The smallest absolute Gasteiger partial charge is 0.156 e. The van der Waals surface area contributed by atoms with Crippen LogP contribution in [0, 0.1) is 5.92 Å². The average molecular weight is 323 g/mol. The van der Waals surface area contributed by atoms with E-state index >= 15 is 0 Å². The molecule has 2 heterocycles. The molecule has 0 aliphatic heterocycles. The van der Waals surface area contributed by atoms with Crippen LogP contribution in [0.1, 0.15) is 12.0 Å². The van der Waals surface area contributed by atoms with Crippen LogP contribution >= 0.6 is 0 Å². The first-order chi connectivity index (χ1) is 11.7. The predicted molar refractivity (Wildman–Crippen MR) is 93.4 cm³/mol. The number of benzene rings is 1. The normalized spacial score (nSPS) is 20.2. The van der Waals surface area contributed by atoms with E-state index in [1.807, 2.05) is 48.3 Å². The van der Waals surface area contributed by atoms with E-state index in [4.69, 9.17) is 4.42 Å². The molecule has 0 bridgehead atoms. The molecule has 0 spiro atoms. The summed E-state index contributed by atoms with van der Waals surface area (Å²) < 4.78 is 7.78. The van der Waals surface area contributed by atoms with Crippen LogP contribution in [0.25, 0.3) is 22.4 Å². The molecule has 0 saturated heterocycles. The molecule has 5 heteroatoms. The number of rotatable bonds is 5. The van der Waals surface area contributed by atoms with Gasteiger partial charge in [-0.05, 0) is 18.6 Å². The molecular formula is C19H21N3O2. The summed E-state index contributed by atoms with van der Waals surface area (Å²) in [6, 6.07) is 10.3. The molecule has 4 rings (SSSR count). The molecule has 0 fully saturated rings. The van der Waals surface area contributed by atoms with Crippen LogP contribution in [-0.4, -0.2) is 27.5 Å². The number of para-hydroxylation sites is 1. The van der Waals surface area contributed by atoms with Gasteiger partial charge in [0.2, 0.25) is 0 Å². The second-order valence-electron chi connectivity index (χ2n) is 6.38. The van der Waals surface area contributed by atoms with E-state index in [0.717, 1.165) is 34.4 Å². The lowest BCUT2D eigenvalue weighted by atomic mass is 10.1. The number of aryl methyl sites for hydroxylation is 1. The van der Waals surface area contributed by atoms with Crippen LogP contribution in [-0.2, 0) is 13.6 Å². The van der Waals surface area contributed by atoms with Crippen molar-refractivity contribution in [2.75, 3.05) is 6.61 Å². The molecule has 2 atom stereocenters. The summed E-state index contributed by atoms with van der Waals surface area (Å²) in [4.78, 5) is 0. The van der Waals surface area contributed by atoms with Gasteiger partial charge in [-0.1, -0.05) is 30.4 Å². The lowest BCUT2D eigenvalue weighted by Gasteiger charge is -2.12. The van der Waals surface area contributed by atoms with E-state index in [1.165, 1.54) is 0 Å². The largest absolute Gasteiger partial charge is 0.454 e. The molecule has 1 aromatic carbocycles. The zero-order chi connectivity index (χ0) is 16.5. The van der Waals surface area contributed by atoms with Gasteiger partial charge in [-0.15, -0.1) is 0 Å². The zero-order valence-corrected chi connectivity index (χ0v) is 13.6. The first-order valence-corrected chi connectivity index (χ1v) is 8.27. The third-order valence-electron chi connectivity index (χ3n) is 4.52. The Morgan fingerprint density at radius 1 is 1.33 bits per heavy atom. The fourth-order valence-electron chi connectivity index (χ4n) is 3.28. The Labute approximate surface area is 140 Å². The van der Waals surface area contributed by atoms with E-state index in [9.17, 15) is 5.11 Å². The molecule has 2 aromatic heterocycles. The summed E-state index contributed by atoms with van der Waals surface area (Å²) >= 11 is 0. The highest BCUT2D eigenvalue weighted by Gasteiger charge is 2.19. The maximum absolute atomic E-state index is 9.23. The highest BCUT2D eigenvalue weighted by atomic mass is 16.3. The highest BCUT2D eigenvalue weighted by molar-refractivity contribution is 5.82. The van der Waals surface area contributed by atoms with Crippen molar-refractivity contribution in [3.63, 3.8) is 0 Å². The molecule has 24 heavy (non-hydrogen) atoms. The maximum atomic E-state index is 9.23. The SMILES string of the molecule is Cn1cc(CN[C@@H]2C=C[C@H](CO)C2)c(-c2cc3ccccc3o2)n1. The molecule has 2 N–H and O–H groups in total. The molecule has 0 amide bonds. The average Bonchev–Trinajstić information content (AvgIpc) is 3.30. The van der Waals surface area contributed by atoms with Gasteiger partial charge in [-0.2, -0.15) is 5.10 Å². The van der Waals surface area contributed by atoms with Crippen molar-refractivity contribution >= 4 is 11.0 Å². The molecule has 5 nitrogen and oxygen atoms in total. The van der Waals surface area contributed by atoms with Crippen LogP contribution in [0.3, 0.4) is 0 Å². The minimum Gasteiger partial charge on any atom is -0.454 e. The van der Waals surface area contributed by atoms with Gasteiger partial charge in [0.15, 0.2) is 5.76 Å². The third-order valence-corrected chi connectivity index (χ3v) is 4.52. The molecule has 1 aliphatic rings. The minimum atomic E-state index is 0.214. The van der Waals surface area contributed by atoms with Gasteiger partial charge in [-0.3, -0.25) is 4.68 Å². The number of aromatic nitrogens is 2. The Kier molecular flexibility index (Phi) is 3.96. The molecule has 0 saturated carbocycles. The summed E-state index contributed by atoms with van der Waals surface area (Å²) in [6.07, 6.45) is 7.19. The van der Waals surface area contributed by atoms with Gasteiger partial charge in [0.1, 0.15) is 11.3 Å². The third kappa shape index (κ3) is 2.88. The van der Waals surface area contributed by atoms with Gasteiger partial charge in [0.05, 0.1) is 0 Å². The lowest BCUT2D eigenvalue weighted by molar-refractivity contribution is 0.246. The summed E-state index contributed by atoms with van der Waals surface area (Å²) in [5.74, 6) is 1.06. The fraction of sp³-hybridized carbons (Fsp3) is 0.316. The van der Waals surface area contributed by atoms with E-state index in [1.54, 1.807) is 0 Å². The Morgan fingerprint density at radius 3 is 3.00 bits per heavy atom. The number of aliphatic hydroxyl groups is 1. The second-order valence-corrected chi connectivity index (χ2v) is 6.38. The number of hydrogen-bond acceptors (Lipinski definition) is 4. The monoisotopic (exact) mass is 323 g/mol. The maximum Gasteiger partial charge on any atom is 0.156 e. The quantitative estimate of drug-likeness (QED) is 0.709. The molecular weight excluding hydrogens is 302 g/mol. The van der Waals surface area contributed by atoms with Gasteiger partial charge >= 0.3 is 0 Å². The molecule has 124 valence electrons. The van der Waals surface area contributed by atoms with Crippen LogP contribution in [0.15, 0.2) is 53.1 Å². The molecule has 0 radical (unpaired) electrons. The Bertz CT molecular complexity index is 845. The van der Waals surface area contributed by atoms with Crippen LogP contribution < -0.4 is 5.32 Å². The van der Waals surface area contributed by atoms with Crippen molar-refractivity contribution in [3.8, 4) is 11.5 Å². The Hall–Kier alpha value is -2.37. The predicted octanol–water partition coefficient (Wildman–Crippen LogP) is 2.86. The Morgan fingerprint density at radius 2 is 2.21 bits per heavy atom. The topological polar surface area (TPSA) is 63.2 Å². The van der Waals surface area contributed by atoms with Crippen molar-refractivity contribution in [1.29, 1.82) is 0 Å². The van der Waals surface area contributed by atoms with Crippen molar-refractivity contribution in [2.24, 2.45) is 13.0 Å². The number of aliphatic hydroxyl groups excluding tert-OH is 1. The molecule has 3 aromatic rings. The summed E-state index contributed by atoms with van der Waals surface area (Å²) in [5.41, 5.74) is 2.86. The van der Waals surface area contributed by atoms with Crippen LogP contribution in [0.5, 0.6) is 0 Å². The highest BCUT2D eigenvalue weighted by Crippen LogP contribution is 2.29. The standard InChI is InChI=1S/C19H21N3O2/c1-22-11-15(10-20-16-7-6-13(8-16)12-23)19(21-22)18-9-14-4-2-3-5-17(14)24-18/h2-7,9,11,13,16,20,23H,8,10,12H2,1H3/t13-,16+/m0/s1. The first kappa shape index (κ1) is 15.2. The van der Waals surface area contributed by atoms with E-state index in [0.29, 0.717) is 12.6 Å².